The molecule has 20 heavy (non-hydrogen) atoms. The number of benzene rings is 1. The van der Waals surface area contributed by atoms with Crippen molar-refractivity contribution in [3.8, 4) is 0 Å². The summed E-state index contributed by atoms with van der Waals surface area (Å²) in [4.78, 5) is 25.6. The van der Waals surface area contributed by atoms with Gasteiger partial charge >= 0.3 is 5.97 Å². The van der Waals surface area contributed by atoms with Gasteiger partial charge in [-0.25, -0.2) is 4.79 Å². The third-order valence-corrected chi connectivity index (χ3v) is 4.40. The van der Waals surface area contributed by atoms with Crippen LogP contribution in [0.1, 0.15) is 43.2 Å². The van der Waals surface area contributed by atoms with E-state index < -0.39 is 12.0 Å². The lowest BCUT2D eigenvalue weighted by Gasteiger charge is -2.29. The zero-order valence-corrected chi connectivity index (χ0v) is 11.6. The minimum atomic E-state index is -0.920. The van der Waals surface area contributed by atoms with Crippen LogP contribution in [-0.4, -0.2) is 34.0 Å². The second-order valence-electron chi connectivity index (χ2n) is 5.78. The summed E-state index contributed by atoms with van der Waals surface area (Å²) >= 11 is 0. The molecule has 106 valence electrons. The lowest BCUT2D eigenvalue weighted by molar-refractivity contribution is -0.150. The quantitative estimate of drug-likeness (QED) is 0.914. The molecule has 2 aliphatic rings. The van der Waals surface area contributed by atoms with E-state index >= 15 is 0 Å². The average Bonchev–Trinajstić information content (AvgIpc) is 3.17. The molecular weight excluding hydrogens is 254 g/mol. The van der Waals surface area contributed by atoms with Crippen molar-refractivity contribution < 1.29 is 14.7 Å². The molecule has 1 N–H and O–H groups in total. The molecule has 4 heteroatoms. The first-order chi connectivity index (χ1) is 9.59. The molecule has 1 aromatic rings. The first-order valence-electron chi connectivity index (χ1n) is 7.22. The van der Waals surface area contributed by atoms with Gasteiger partial charge in [-0.2, -0.15) is 0 Å². The first-order valence-corrected chi connectivity index (χ1v) is 7.22. The van der Waals surface area contributed by atoms with E-state index in [-0.39, 0.29) is 17.9 Å². The number of amides is 1. The summed E-state index contributed by atoms with van der Waals surface area (Å²) in [6.45, 7) is 1.61. The maximum atomic E-state index is 12.8. The van der Waals surface area contributed by atoms with Gasteiger partial charge in [0.25, 0.3) is 0 Å². The van der Waals surface area contributed by atoms with Crippen LogP contribution in [-0.2, 0) is 16.0 Å². The van der Waals surface area contributed by atoms with E-state index in [1.54, 1.807) is 11.8 Å². The Labute approximate surface area is 118 Å². The number of hydrogen-bond donors (Lipinski definition) is 1. The second-order valence-corrected chi connectivity index (χ2v) is 5.78. The van der Waals surface area contributed by atoms with Crippen molar-refractivity contribution in [3.63, 3.8) is 0 Å². The average molecular weight is 273 g/mol. The molecule has 0 heterocycles. The van der Waals surface area contributed by atoms with Crippen LogP contribution in [0, 0.1) is 0 Å². The minimum absolute atomic E-state index is 0.00708. The topological polar surface area (TPSA) is 57.6 Å². The third-order valence-electron chi connectivity index (χ3n) is 4.40. The number of aryl methyl sites for hydroxylation is 1. The van der Waals surface area contributed by atoms with Gasteiger partial charge in [-0.15, -0.1) is 0 Å². The summed E-state index contributed by atoms with van der Waals surface area (Å²) in [6.07, 6.45) is 3.57. The number of aliphatic carboxylic acids is 1. The summed E-state index contributed by atoms with van der Waals surface area (Å²) in [6, 6.07) is 7.40. The van der Waals surface area contributed by atoms with Gasteiger partial charge in [-0.3, -0.25) is 4.79 Å². The monoisotopic (exact) mass is 273 g/mol. The molecule has 1 amide bonds. The molecule has 0 bridgehead atoms. The molecule has 1 fully saturated rings. The molecule has 2 atom stereocenters. The van der Waals surface area contributed by atoms with Gasteiger partial charge in [0.15, 0.2) is 0 Å². The molecule has 0 spiro atoms. The van der Waals surface area contributed by atoms with Gasteiger partial charge in [0.2, 0.25) is 5.91 Å². The van der Waals surface area contributed by atoms with Crippen LogP contribution in [0.2, 0.25) is 0 Å². The van der Waals surface area contributed by atoms with Crippen molar-refractivity contribution in [3.05, 3.63) is 35.4 Å². The second kappa shape index (κ2) is 4.93. The lowest BCUT2D eigenvalue weighted by Crippen LogP contribution is -2.46. The summed E-state index contributed by atoms with van der Waals surface area (Å²) < 4.78 is 0. The van der Waals surface area contributed by atoms with Gasteiger partial charge in [0.1, 0.15) is 6.04 Å². The SMILES string of the molecule is CC(C(=O)O)N(C(=O)C1CCc2ccccc21)C1CC1. The maximum absolute atomic E-state index is 12.8. The smallest absolute Gasteiger partial charge is 0.326 e. The van der Waals surface area contributed by atoms with Crippen LogP contribution >= 0.6 is 0 Å². The van der Waals surface area contributed by atoms with Gasteiger partial charge in [0, 0.05) is 6.04 Å². The molecule has 2 unspecified atom stereocenters. The van der Waals surface area contributed by atoms with Crippen LogP contribution in [0.5, 0.6) is 0 Å². The van der Waals surface area contributed by atoms with Gasteiger partial charge < -0.3 is 10.0 Å². The number of carbonyl (C=O) groups excluding carboxylic acids is 1. The number of carbonyl (C=O) groups is 2. The predicted molar refractivity (Wildman–Crippen MR) is 74.5 cm³/mol. The van der Waals surface area contributed by atoms with Crippen LogP contribution in [0.15, 0.2) is 24.3 Å². The van der Waals surface area contributed by atoms with Gasteiger partial charge in [0.05, 0.1) is 5.92 Å². The molecule has 0 saturated heterocycles. The Morgan fingerprint density at radius 3 is 2.60 bits per heavy atom. The van der Waals surface area contributed by atoms with E-state index in [4.69, 9.17) is 0 Å². The highest BCUT2D eigenvalue weighted by Crippen LogP contribution is 2.38. The zero-order valence-electron chi connectivity index (χ0n) is 11.6. The zero-order chi connectivity index (χ0) is 14.3. The molecule has 4 nitrogen and oxygen atoms in total. The Kier molecular flexibility index (Phi) is 3.24. The molecule has 2 aliphatic carbocycles. The van der Waals surface area contributed by atoms with Crippen LogP contribution in [0.4, 0.5) is 0 Å². The number of hydrogen-bond acceptors (Lipinski definition) is 2. The minimum Gasteiger partial charge on any atom is -0.480 e. The normalized spacial score (nSPS) is 22.1. The van der Waals surface area contributed by atoms with E-state index in [1.807, 2.05) is 18.2 Å². The third kappa shape index (κ3) is 2.19. The molecule has 0 radical (unpaired) electrons. The van der Waals surface area contributed by atoms with Crippen LogP contribution in [0.3, 0.4) is 0 Å². The Morgan fingerprint density at radius 2 is 1.95 bits per heavy atom. The summed E-state index contributed by atoms with van der Waals surface area (Å²) in [5, 5.41) is 9.22. The summed E-state index contributed by atoms with van der Waals surface area (Å²) in [5.41, 5.74) is 2.31. The molecule has 0 aromatic heterocycles. The lowest BCUT2D eigenvalue weighted by atomic mass is 9.99. The number of carboxylic acid groups (broad SMARTS) is 1. The fraction of sp³-hybridized carbons (Fsp3) is 0.500. The Hall–Kier alpha value is -1.84. The predicted octanol–water partition coefficient (Wildman–Crippen LogP) is 2.18. The van der Waals surface area contributed by atoms with Crippen molar-refractivity contribution in [2.24, 2.45) is 0 Å². The van der Waals surface area contributed by atoms with Crippen molar-refractivity contribution in [2.45, 2.75) is 50.6 Å². The van der Waals surface area contributed by atoms with Crippen LogP contribution < -0.4 is 0 Å². The van der Waals surface area contributed by atoms with Crippen molar-refractivity contribution >= 4 is 11.9 Å². The molecule has 1 saturated carbocycles. The number of rotatable bonds is 4. The molecule has 3 rings (SSSR count). The number of nitrogens with zero attached hydrogens (tertiary/aromatic N) is 1. The maximum Gasteiger partial charge on any atom is 0.326 e. The first kappa shape index (κ1) is 13.2. The van der Waals surface area contributed by atoms with Crippen molar-refractivity contribution in [1.82, 2.24) is 4.90 Å². The van der Waals surface area contributed by atoms with E-state index in [1.165, 1.54) is 5.56 Å². The van der Waals surface area contributed by atoms with Crippen LogP contribution in [0.25, 0.3) is 0 Å². The van der Waals surface area contributed by atoms with E-state index in [9.17, 15) is 14.7 Å². The molecule has 1 aromatic carbocycles. The highest BCUT2D eigenvalue weighted by molar-refractivity contribution is 5.89. The standard InChI is InChI=1S/C16H19NO3/c1-10(16(19)20)17(12-7-8-12)15(18)14-9-6-11-4-2-3-5-13(11)14/h2-5,10,12,14H,6-9H2,1H3,(H,19,20). The van der Waals surface area contributed by atoms with Crippen molar-refractivity contribution in [2.75, 3.05) is 0 Å². The Bertz CT molecular complexity index is 550. The fourth-order valence-electron chi connectivity index (χ4n) is 3.15. The Balaban J connectivity index is 1.86. The summed E-state index contributed by atoms with van der Waals surface area (Å²) in [7, 11) is 0. The highest BCUT2D eigenvalue weighted by Gasteiger charge is 2.42. The number of carboxylic acids is 1. The number of fused-ring (bicyclic) bond motifs is 1. The van der Waals surface area contributed by atoms with Crippen molar-refractivity contribution in [1.29, 1.82) is 0 Å². The molecular formula is C16H19NO3. The fourth-order valence-corrected chi connectivity index (χ4v) is 3.15. The van der Waals surface area contributed by atoms with E-state index in [0.717, 1.165) is 31.2 Å². The largest absolute Gasteiger partial charge is 0.480 e. The van der Waals surface area contributed by atoms with E-state index in [0.29, 0.717) is 0 Å². The summed E-state index contributed by atoms with van der Waals surface area (Å²) in [5.74, 6) is -1.09. The van der Waals surface area contributed by atoms with E-state index in [2.05, 4.69) is 6.07 Å². The van der Waals surface area contributed by atoms with Gasteiger partial charge in [-0.05, 0) is 43.7 Å². The highest BCUT2D eigenvalue weighted by atomic mass is 16.4. The van der Waals surface area contributed by atoms with Gasteiger partial charge in [-0.1, -0.05) is 24.3 Å². The molecule has 0 aliphatic heterocycles. The Morgan fingerprint density at radius 1 is 1.25 bits per heavy atom.